The SMILES string of the molecule is CCC(F)(F)CCC(C)CCCC=O. The van der Waals surface area contributed by atoms with Gasteiger partial charge in [0.2, 0.25) is 5.92 Å². The lowest BCUT2D eigenvalue weighted by atomic mass is 9.96. The Kier molecular flexibility index (Phi) is 6.67. The molecule has 14 heavy (non-hydrogen) atoms. The highest BCUT2D eigenvalue weighted by Gasteiger charge is 2.25. The topological polar surface area (TPSA) is 17.1 Å². The lowest BCUT2D eigenvalue weighted by Crippen LogP contribution is -2.15. The van der Waals surface area contributed by atoms with Gasteiger partial charge in [-0.1, -0.05) is 20.3 Å². The molecule has 84 valence electrons. The van der Waals surface area contributed by atoms with Gasteiger partial charge >= 0.3 is 0 Å². The number of unbranched alkanes of at least 4 members (excludes halogenated alkanes) is 1. The molecule has 0 amide bonds. The molecule has 0 heterocycles. The van der Waals surface area contributed by atoms with Crippen LogP contribution in [0.5, 0.6) is 0 Å². The first-order valence-electron chi connectivity index (χ1n) is 5.33. The molecule has 0 bridgehead atoms. The molecule has 0 rings (SSSR count). The van der Waals surface area contributed by atoms with E-state index >= 15 is 0 Å². The van der Waals surface area contributed by atoms with Crippen LogP contribution in [-0.4, -0.2) is 12.2 Å². The molecule has 0 spiro atoms. The predicted octanol–water partition coefficient (Wildman–Crippen LogP) is 3.82. The van der Waals surface area contributed by atoms with Crippen LogP contribution in [0.1, 0.15) is 52.4 Å². The molecule has 0 aliphatic rings. The number of rotatable bonds is 8. The van der Waals surface area contributed by atoms with Crippen LogP contribution >= 0.6 is 0 Å². The second-order valence-electron chi connectivity index (χ2n) is 3.95. The van der Waals surface area contributed by atoms with Gasteiger partial charge in [-0.15, -0.1) is 0 Å². The first-order valence-corrected chi connectivity index (χ1v) is 5.33. The van der Waals surface area contributed by atoms with E-state index in [4.69, 9.17) is 0 Å². The molecule has 0 fully saturated rings. The van der Waals surface area contributed by atoms with Crippen LogP contribution in [0, 0.1) is 5.92 Å². The van der Waals surface area contributed by atoms with Gasteiger partial charge in [0.1, 0.15) is 6.29 Å². The number of halogens is 2. The Labute approximate surface area is 84.9 Å². The lowest BCUT2D eigenvalue weighted by Gasteiger charge is -2.16. The minimum Gasteiger partial charge on any atom is -0.303 e. The molecule has 0 radical (unpaired) electrons. The van der Waals surface area contributed by atoms with Crippen molar-refractivity contribution in [1.82, 2.24) is 0 Å². The highest BCUT2D eigenvalue weighted by atomic mass is 19.3. The summed E-state index contributed by atoms with van der Waals surface area (Å²) in [6.07, 6.45) is 3.59. The average Bonchev–Trinajstić information content (AvgIpc) is 2.16. The van der Waals surface area contributed by atoms with Crippen molar-refractivity contribution in [3.63, 3.8) is 0 Å². The zero-order valence-electron chi connectivity index (χ0n) is 9.06. The number of carbonyl (C=O) groups excluding carboxylic acids is 1. The third-order valence-electron chi connectivity index (χ3n) is 2.54. The first-order chi connectivity index (χ1) is 6.52. The number of hydrogen-bond donors (Lipinski definition) is 0. The molecule has 0 aromatic heterocycles. The molecule has 1 atom stereocenters. The van der Waals surface area contributed by atoms with Crippen LogP contribution in [0.15, 0.2) is 0 Å². The summed E-state index contributed by atoms with van der Waals surface area (Å²) in [7, 11) is 0. The molecule has 0 saturated carbocycles. The second kappa shape index (κ2) is 6.91. The van der Waals surface area contributed by atoms with E-state index in [1.54, 1.807) is 0 Å². The van der Waals surface area contributed by atoms with Crippen molar-refractivity contribution in [2.45, 2.75) is 58.3 Å². The van der Waals surface area contributed by atoms with E-state index < -0.39 is 5.92 Å². The van der Waals surface area contributed by atoms with Gasteiger partial charge in [0, 0.05) is 19.3 Å². The molecular weight excluding hydrogens is 186 g/mol. The van der Waals surface area contributed by atoms with Gasteiger partial charge in [-0.3, -0.25) is 0 Å². The van der Waals surface area contributed by atoms with Crippen LogP contribution < -0.4 is 0 Å². The van der Waals surface area contributed by atoms with E-state index in [9.17, 15) is 13.6 Å². The lowest BCUT2D eigenvalue weighted by molar-refractivity contribution is -0.108. The summed E-state index contributed by atoms with van der Waals surface area (Å²) in [6.45, 7) is 3.48. The van der Waals surface area contributed by atoms with E-state index in [0.717, 1.165) is 19.1 Å². The fourth-order valence-corrected chi connectivity index (χ4v) is 1.33. The van der Waals surface area contributed by atoms with E-state index in [2.05, 4.69) is 0 Å². The van der Waals surface area contributed by atoms with Crippen LogP contribution in [0.4, 0.5) is 8.78 Å². The predicted molar refractivity (Wildman–Crippen MR) is 53.6 cm³/mol. The standard InChI is InChI=1S/C11H20F2O/c1-3-11(12,13)8-7-10(2)6-4-5-9-14/h9-10H,3-8H2,1-2H3. The quantitative estimate of drug-likeness (QED) is 0.436. The molecule has 0 aliphatic heterocycles. The summed E-state index contributed by atoms with van der Waals surface area (Å²) in [5.74, 6) is -2.20. The van der Waals surface area contributed by atoms with Crippen LogP contribution in [-0.2, 0) is 4.79 Å². The van der Waals surface area contributed by atoms with Crippen molar-refractivity contribution >= 4 is 6.29 Å². The van der Waals surface area contributed by atoms with Gasteiger partial charge in [0.15, 0.2) is 0 Å². The molecule has 0 N–H and O–H groups in total. The Balaban J connectivity index is 3.52. The average molecular weight is 206 g/mol. The normalized spacial score (nSPS) is 14.0. The molecule has 0 aromatic rings. The third-order valence-corrected chi connectivity index (χ3v) is 2.54. The summed E-state index contributed by atoms with van der Waals surface area (Å²) in [5, 5.41) is 0. The Hall–Kier alpha value is -0.470. The van der Waals surface area contributed by atoms with Crippen molar-refractivity contribution in [1.29, 1.82) is 0 Å². The summed E-state index contributed by atoms with van der Waals surface area (Å²) in [5.41, 5.74) is 0. The first kappa shape index (κ1) is 13.5. The summed E-state index contributed by atoms with van der Waals surface area (Å²) < 4.78 is 25.7. The molecule has 1 unspecified atom stereocenters. The smallest absolute Gasteiger partial charge is 0.247 e. The second-order valence-corrected chi connectivity index (χ2v) is 3.95. The summed E-state index contributed by atoms with van der Waals surface area (Å²) in [6, 6.07) is 0. The Bertz CT molecular complexity index is 157. The molecule has 1 nitrogen and oxygen atoms in total. The third kappa shape index (κ3) is 6.98. The Morgan fingerprint density at radius 1 is 1.36 bits per heavy atom. The van der Waals surface area contributed by atoms with Gasteiger partial charge in [0.05, 0.1) is 0 Å². The van der Waals surface area contributed by atoms with Crippen LogP contribution in [0.3, 0.4) is 0 Å². The van der Waals surface area contributed by atoms with E-state index in [0.29, 0.717) is 18.8 Å². The van der Waals surface area contributed by atoms with E-state index in [1.807, 2.05) is 6.92 Å². The van der Waals surface area contributed by atoms with Gasteiger partial charge in [-0.2, -0.15) is 0 Å². The van der Waals surface area contributed by atoms with Crippen molar-refractivity contribution in [2.75, 3.05) is 0 Å². The number of alkyl halides is 2. The van der Waals surface area contributed by atoms with Crippen molar-refractivity contribution in [3.05, 3.63) is 0 Å². The maximum Gasteiger partial charge on any atom is 0.247 e. The fraction of sp³-hybridized carbons (Fsp3) is 0.909. The van der Waals surface area contributed by atoms with Crippen molar-refractivity contribution < 1.29 is 13.6 Å². The van der Waals surface area contributed by atoms with Gasteiger partial charge in [0.25, 0.3) is 0 Å². The number of carbonyl (C=O) groups is 1. The summed E-state index contributed by atoms with van der Waals surface area (Å²) in [4.78, 5) is 10.0. The molecule has 0 saturated heterocycles. The van der Waals surface area contributed by atoms with Gasteiger partial charge in [-0.25, -0.2) is 8.78 Å². The minimum atomic E-state index is -2.50. The number of hydrogen-bond acceptors (Lipinski definition) is 1. The maximum absolute atomic E-state index is 12.8. The van der Waals surface area contributed by atoms with Crippen LogP contribution in [0.2, 0.25) is 0 Å². The maximum atomic E-state index is 12.8. The molecular formula is C11H20F2O. The van der Waals surface area contributed by atoms with Crippen LogP contribution in [0.25, 0.3) is 0 Å². The van der Waals surface area contributed by atoms with E-state index in [1.165, 1.54) is 6.92 Å². The minimum absolute atomic E-state index is 0.0221. The fourth-order valence-electron chi connectivity index (χ4n) is 1.33. The monoisotopic (exact) mass is 206 g/mol. The Morgan fingerprint density at radius 3 is 2.50 bits per heavy atom. The largest absolute Gasteiger partial charge is 0.303 e. The highest BCUT2D eigenvalue weighted by molar-refractivity contribution is 5.48. The van der Waals surface area contributed by atoms with Crippen molar-refractivity contribution in [2.24, 2.45) is 5.92 Å². The van der Waals surface area contributed by atoms with Gasteiger partial charge in [-0.05, 0) is 18.8 Å². The molecule has 0 aliphatic carbocycles. The molecule has 0 aromatic carbocycles. The zero-order valence-corrected chi connectivity index (χ0v) is 9.06. The summed E-state index contributed by atoms with van der Waals surface area (Å²) >= 11 is 0. The zero-order chi connectivity index (χ0) is 11.0. The van der Waals surface area contributed by atoms with E-state index in [-0.39, 0.29) is 12.8 Å². The molecule has 3 heteroatoms. The highest BCUT2D eigenvalue weighted by Crippen LogP contribution is 2.27. The van der Waals surface area contributed by atoms with Crippen molar-refractivity contribution in [3.8, 4) is 0 Å². The Morgan fingerprint density at radius 2 is 2.00 bits per heavy atom. The number of aldehydes is 1. The van der Waals surface area contributed by atoms with Gasteiger partial charge < -0.3 is 4.79 Å².